The van der Waals surface area contributed by atoms with E-state index in [1.807, 2.05) is 0 Å². The SMILES string of the molecule is CC1(C)CC(n2nc(-c3cn[nH]c3)c(C#N)c2N)CC(C)(C)O1. The molecule has 0 amide bonds. The van der Waals surface area contributed by atoms with Crippen molar-refractivity contribution in [1.82, 2.24) is 20.0 Å². The first-order valence-electron chi connectivity index (χ1n) is 7.70. The molecule has 2 aromatic rings. The predicted molar refractivity (Wildman–Crippen MR) is 86.5 cm³/mol. The number of hydrogen-bond acceptors (Lipinski definition) is 5. The largest absolute Gasteiger partial charge is 0.383 e. The number of nitriles is 1. The normalized spacial score (nSPS) is 20.3. The van der Waals surface area contributed by atoms with Crippen LogP contribution in [0.5, 0.6) is 0 Å². The van der Waals surface area contributed by atoms with Crippen LogP contribution in [0.3, 0.4) is 0 Å². The Morgan fingerprint density at radius 1 is 1.35 bits per heavy atom. The Morgan fingerprint density at radius 3 is 2.52 bits per heavy atom. The number of H-pyrrole nitrogens is 1. The summed E-state index contributed by atoms with van der Waals surface area (Å²) < 4.78 is 7.91. The minimum Gasteiger partial charge on any atom is -0.383 e. The van der Waals surface area contributed by atoms with Gasteiger partial charge in [0.15, 0.2) is 0 Å². The summed E-state index contributed by atoms with van der Waals surface area (Å²) in [5.74, 6) is 0.405. The highest BCUT2D eigenvalue weighted by atomic mass is 16.5. The summed E-state index contributed by atoms with van der Waals surface area (Å²) in [6, 6.07) is 2.26. The van der Waals surface area contributed by atoms with Crippen molar-refractivity contribution >= 4 is 5.82 Å². The van der Waals surface area contributed by atoms with Crippen molar-refractivity contribution in [3.8, 4) is 17.3 Å². The molecule has 2 aromatic heterocycles. The molecule has 0 aliphatic carbocycles. The van der Waals surface area contributed by atoms with Gasteiger partial charge in [0.05, 0.1) is 23.4 Å². The number of aromatic amines is 1. The van der Waals surface area contributed by atoms with Gasteiger partial charge in [-0.1, -0.05) is 0 Å². The Labute approximate surface area is 135 Å². The number of rotatable bonds is 2. The third-order valence-electron chi connectivity index (χ3n) is 4.18. The van der Waals surface area contributed by atoms with Gasteiger partial charge in [0.1, 0.15) is 23.1 Å². The third-order valence-corrected chi connectivity index (χ3v) is 4.18. The number of nitrogens with one attached hydrogen (secondary N) is 1. The molecule has 0 spiro atoms. The fraction of sp³-hybridized carbons (Fsp3) is 0.562. The summed E-state index contributed by atoms with van der Waals surface area (Å²) in [5, 5.41) is 20.8. The number of anilines is 1. The highest BCUT2D eigenvalue weighted by molar-refractivity contribution is 5.71. The lowest BCUT2D eigenvalue weighted by Gasteiger charge is -2.45. The number of aromatic nitrogens is 4. The van der Waals surface area contributed by atoms with Crippen molar-refractivity contribution in [1.29, 1.82) is 5.26 Å². The van der Waals surface area contributed by atoms with Crippen LogP contribution in [-0.4, -0.2) is 31.2 Å². The van der Waals surface area contributed by atoms with Gasteiger partial charge in [0.25, 0.3) is 0 Å². The van der Waals surface area contributed by atoms with E-state index in [1.54, 1.807) is 17.1 Å². The molecule has 1 aliphatic heterocycles. The summed E-state index contributed by atoms with van der Waals surface area (Å²) in [6.07, 6.45) is 4.94. The molecule has 0 unspecified atom stereocenters. The molecule has 3 N–H and O–H groups in total. The van der Waals surface area contributed by atoms with Crippen molar-refractivity contribution in [3.05, 3.63) is 18.0 Å². The smallest absolute Gasteiger partial charge is 0.140 e. The van der Waals surface area contributed by atoms with Gasteiger partial charge < -0.3 is 10.5 Å². The standard InChI is InChI=1S/C16H22N6O/c1-15(2)5-11(6-16(3,4)23-15)22-14(18)12(7-17)13(21-22)10-8-19-20-9-10/h8-9,11H,5-6,18H2,1-4H3,(H,19,20). The number of hydrogen-bond donors (Lipinski definition) is 2. The van der Waals surface area contributed by atoms with Crippen LogP contribution in [0.2, 0.25) is 0 Å². The van der Waals surface area contributed by atoms with Crippen molar-refractivity contribution in [3.63, 3.8) is 0 Å². The molecule has 122 valence electrons. The van der Waals surface area contributed by atoms with Gasteiger partial charge >= 0.3 is 0 Å². The second-order valence-corrected chi connectivity index (χ2v) is 7.34. The van der Waals surface area contributed by atoms with E-state index in [9.17, 15) is 5.26 Å². The number of ether oxygens (including phenoxy) is 1. The zero-order valence-corrected chi connectivity index (χ0v) is 13.9. The maximum absolute atomic E-state index is 9.48. The van der Waals surface area contributed by atoms with Crippen LogP contribution in [0.1, 0.15) is 52.1 Å². The minimum absolute atomic E-state index is 0.0847. The molecular formula is C16H22N6O. The number of nitrogens with two attached hydrogens (primary N) is 1. The third kappa shape index (κ3) is 2.82. The Morgan fingerprint density at radius 2 is 2.00 bits per heavy atom. The number of nitrogen functional groups attached to an aromatic ring is 1. The van der Waals surface area contributed by atoms with Crippen molar-refractivity contribution in [2.75, 3.05) is 5.73 Å². The fourth-order valence-electron chi connectivity index (χ4n) is 3.63. The average Bonchev–Trinajstić information content (AvgIpc) is 3.01. The van der Waals surface area contributed by atoms with Crippen LogP contribution in [0.15, 0.2) is 12.4 Å². The Hall–Kier alpha value is -2.33. The fourth-order valence-corrected chi connectivity index (χ4v) is 3.63. The molecule has 1 saturated heterocycles. The van der Waals surface area contributed by atoms with Gasteiger partial charge in [-0.3, -0.25) is 5.10 Å². The Balaban J connectivity index is 2.06. The van der Waals surface area contributed by atoms with E-state index in [2.05, 4.69) is 49.1 Å². The average molecular weight is 314 g/mol. The van der Waals surface area contributed by atoms with E-state index in [1.165, 1.54) is 0 Å². The van der Waals surface area contributed by atoms with Crippen LogP contribution in [-0.2, 0) is 4.74 Å². The van der Waals surface area contributed by atoms with Gasteiger partial charge in [-0.2, -0.15) is 15.5 Å². The molecule has 0 saturated carbocycles. The van der Waals surface area contributed by atoms with Crippen LogP contribution >= 0.6 is 0 Å². The van der Waals surface area contributed by atoms with Gasteiger partial charge in [0.2, 0.25) is 0 Å². The molecule has 1 fully saturated rings. The Bertz CT molecular complexity index is 734. The quantitative estimate of drug-likeness (QED) is 0.886. The van der Waals surface area contributed by atoms with E-state index in [0.717, 1.165) is 18.4 Å². The molecule has 3 rings (SSSR count). The van der Waals surface area contributed by atoms with Crippen LogP contribution in [0.4, 0.5) is 5.82 Å². The molecular weight excluding hydrogens is 292 g/mol. The molecule has 7 heteroatoms. The van der Waals surface area contributed by atoms with Crippen LogP contribution < -0.4 is 5.73 Å². The molecule has 23 heavy (non-hydrogen) atoms. The lowest BCUT2D eigenvalue weighted by Crippen LogP contribution is -2.46. The molecule has 3 heterocycles. The summed E-state index contributed by atoms with van der Waals surface area (Å²) in [4.78, 5) is 0. The monoisotopic (exact) mass is 314 g/mol. The molecule has 0 atom stereocenters. The summed E-state index contributed by atoms with van der Waals surface area (Å²) in [6.45, 7) is 8.29. The summed E-state index contributed by atoms with van der Waals surface area (Å²) in [7, 11) is 0. The molecule has 0 bridgehead atoms. The minimum atomic E-state index is -0.270. The van der Waals surface area contributed by atoms with Gasteiger partial charge in [-0.05, 0) is 40.5 Å². The predicted octanol–water partition coefficient (Wildman–Crippen LogP) is 2.64. The van der Waals surface area contributed by atoms with Crippen molar-refractivity contribution in [2.45, 2.75) is 57.8 Å². The maximum Gasteiger partial charge on any atom is 0.140 e. The second-order valence-electron chi connectivity index (χ2n) is 7.34. The van der Waals surface area contributed by atoms with Gasteiger partial charge in [0, 0.05) is 11.8 Å². The first kappa shape index (κ1) is 15.6. The van der Waals surface area contributed by atoms with Crippen molar-refractivity contribution in [2.24, 2.45) is 0 Å². The molecule has 0 radical (unpaired) electrons. The second kappa shape index (κ2) is 5.10. The first-order valence-corrected chi connectivity index (χ1v) is 7.70. The molecule has 1 aliphatic rings. The van der Waals surface area contributed by atoms with E-state index in [-0.39, 0.29) is 17.2 Å². The zero-order valence-electron chi connectivity index (χ0n) is 13.9. The number of nitrogens with zero attached hydrogens (tertiary/aromatic N) is 4. The van der Waals surface area contributed by atoms with Crippen LogP contribution in [0.25, 0.3) is 11.3 Å². The van der Waals surface area contributed by atoms with Crippen molar-refractivity contribution < 1.29 is 4.74 Å². The zero-order chi connectivity index (χ0) is 16.8. The van der Waals surface area contributed by atoms with Gasteiger partial charge in [-0.25, -0.2) is 4.68 Å². The Kier molecular flexibility index (Phi) is 3.45. The summed E-state index contributed by atoms with van der Waals surface area (Å²) in [5.41, 5.74) is 7.42. The van der Waals surface area contributed by atoms with Crippen LogP contribution in [0, 0.1) is 11.3 Å². The maximum atomic E-state index is 9.48. The van der Waals surface area contributed by atoms with E-state index < -0.39 is 0 Å². The van der Waals surface area contributed by atoms with Gasteiger partial charge in [-0.15, -0.1) is 0 Å². The first-order chi connectivity index (χ1) is 10.7. The van der Waals surface area contributed by atoms with E-state index in [4.69, 9.17) is 10.5 Å². The summed E-state index contributed by atoms with van der Waals surface area (Å²) >= 11 is 0. The van der Waals surface area contributed by atoms with E-state index >= 15 is 0 Å². The lowest BCUT2D eigenvalue weighted by atomic mass is 9.85. The highest BCUT2D eigenvalue weighted by Crippen LogP contribution is 2.42. The van der Waals surface area contributed by atoms with E-state index in [0.29, 0.717) is 17.1 Å². The lowest BCUT2D eigenvalue weighted by molar-refractivity contribution is -0.170. The molecule has 0 aromatic carbocycles. The topological polar surface area (TPSA) is 106 Å². The highest BCUT2D eigenvalue weighted by Gasteiger charge is 2.41. The molecule has 7 nitrogen and oxygen atoms in total.